The largest absolute Gasteiger partial charge is 0.495 e. The van der Waals surface area contributed by atoms with Crippen LogP contribution in [-0.2, 0) is 14.8 Å². The molecule has 1 aliphatic heterocycles. The Balaban J connectivity index is 1.81. The maximum absolute atomic E-state index is 13.1. The van der Waals surface area contributed by atoms with Crippen LogP contribution in [0.3, 0.4) is 0 Å². The number of likely N-dealkylation sites (N-methyl/N-ethyl adjacent to an activating group) is 1. The summed E-state index contributed by atoms with van der Waals surface area (Å²) in [4.78, 5) is 14.8. The number of benzene rings is 2. The maximum Gasteiger partial charge on any atom is 0.248 e. The van der Waals surface area contributed by atoms with Crippen LogP contribution < -0.4 is 10.1 Å². The van der Waals surface area contributed by atoms with Gasteiger partial charge >= 0.3 is 0 Å². The minimum absolute atomic E-state index is 0.132. The Hall–Kier alpha value is -2.68. The SMILES string of the molecule is COc1ccc(S(=O)(=O)N2CCN(C)CC2)cc1NC(=O)/C=C/c1cc(C)c(C)cc1C. The number of ether oxygens (including phenoxy) is 1. The number of hydrogen-bond donors (Lipinski definition) is 1. The molecule has 3 rings (SSSR count). The summed E-state index contributed by atoms with van der Waals surface area (Å²) in [6.45, 7) is 8.32. The molecule has 1 fully saturated rings. The van der Waals surface area contributed by atoms with Crippen molar-refractivity contribution in [3.05, 3.63) is 58.7 Å². The molecule has 1 amide bonds. The minimum atomic E-state index is -3.66. The molecule has 7 nitrogen and oxygen atoms in total. The molecular formula is C24H31N3O4S. The highest BCUT2D eigenvalue weighted by atomic mass is 32.2. The number of nitrogens with zero attached hydrogens (tertiary/aromatic N) is 2. The van der Waals surface area contributed by atoms with Crippen molar-refractivity contribution in [2.24, 2.45) is 0 Å². The molecule has 0 aliphatic carbocycles. The van der Waals surface area contributed by atoms with Gasteiger partial charge in [-0.1, -0.05) is 12.1 Å². The van der Waals surface area contributed by atoms with Gasteiger partial charge in [0.15, 0.2) is 0 Å². The van der Waals surface area contributed by atoms with Crippen molar-refractivity contribution in [1.29, 1.82) is 0 Å². The van der Waals surface area contributed by atoms with E-state index in [9.17, 15) is 13.2 Å². The van der Waals surface area contributed by atoms with Crippen LogP contribution in [0.1, 0.15) is 22.3 Å². The Morgan fingerprint density at radius 3 is 2.31 bits per heavy atom. The Morgan fingerprint density at radius 1 is 1.00 bits per heavy atom. The predicted molar refractivity (Wildman–Crippen MR) is 128 cm³/mol. The summed E-state index contributed by atoms with van der Waals surface area (Å²) in [5, 5.41) is 2.76. The molecule has 0 radical (unpaired) electrons. The molecule has 0 atom stereocenters. The molecule has 172 valence electrons. The number of sulfonamides is 1. The van der Waals surface area contributed by atoms with Gasteiger partial charge in [-0.25, -0.2) is 8.42 Å². The van der Waals surface area contributed by atoms with Gasteiger partial charge in [0.25, 0.3) is 0 Å². The second kappa shape index (κ2) is 9.85. The van der Waals surface area contributed by atoms with E-state index in [1.165, 1.54) is 35.2 Å². The highest BCUT2D eigenvalue weighted by Crippen LogP contribution is 2.29. The van der Waals surface area contributed by atoms with Gasteiger partial charge < -0.3 is 15.0 Å². The van der Waals surface area contributed by atoms with Crippen molar-refractivity contribution in [3.8, 4) is 5.75 Å². The normalized spacial score (nSPS) is 15.8. The lowest BCUT2D eigenvalue weighted by atomic mass is 10.0. The summed E-state index contributed by atoms with van der Waals surface area (Å²) in [6, 6.07) is 8.66. The fourth-order valence-electron chi connectivity index (χ4n) is 3.63. The van der Waals surface area contributed by atoms with Crippen LogP contribution in [0.2, 0.25) is 0 Å². The number of carbonyl (C=O) groups excluding carboxylic acids is 1. The average Bonchev–Trinajstić information content (AvgIpc) is 2.75. The molecule has 0 saturated carbocycles. The van der Waals surface area contributed by atoms with Gasteiger partial charge in [0.05, 0.1) is 17.7 Å². The summed E-state index contributed by atoms with van der Waals surface area (Å²) >= 11 is 0. The zero-order valence-electron chi connectivity index (χ0n) is 19.3. The molecule has 0 aromatic heterocycles. The monoisotopic (exact) mass is 457 g/mol. The molecule has 2 aromatic carbocycles. The predicted octanol–water partition coefficient (Wildman–Crippen LogP) is 3.21. The number of amides is 1. The van der Waals surface area contributed by atoms with E-state index in [1.54, 1.807) is 12.1 Å². The number of carbonyl (C=O) groups is 1. The molecule has 32 heavy (non-hydrogen) atoms. The number of aryl methyl sites for hydroxylation is 3. The van der Waals surface area contributed by atoms with Crippen LogP contribution in [0.4, 0.5) is 5.69 Å². The van der Waals surface area contributed by atoms with Crippen molar-refractivity contribution < 1.29 is 17.9 Å². The first-order chi connectivity index (χ1) is 15.1. The van der Waals surface area contributed by atoms with E-state index in [0.29, 0.717) is 37.6 Å². The molecular weight excluding hydrogens is 426 g/mol. The Labute approximate surface area is 190 Å². The number of methoxy groups -OCH3 is 1. The molecule has 0 bridgehead atoms. The van der Waals surface area contributed by atoms with Crippen LogP contribution in [-0.4, -0.2) is 63.9 Å². The van der Waals surface area contributed by atoms with Gasteiger partial charge in [-0.2, -0.15) is 4.31 Å². The second-order valence-electron chi connectivity index (χ2n) is 8.19. The summed E-state index contributed by atoms with van der Waals surface area (Å²) in [6.07, 6.45) is 3.20. The van der Waals surface area contributed by atoms with Gasteiger partial charge in [0.1, 0.15) is 5.75 Å². The van der Waals surface area contributed by atoms with Gasteiger partial charge in [0, 0.05) is 32.3 Å². The smallest absolute Gasteiger partial charge is 0.248 e. The zero-order valence-corrected chi connectivity index (χ0v) is 20.1. The third-order valence-electron chi connectivity index (χ3n) is 5.83. The maximum atomic E-state index is 13.1. The third kappa shape index (κ3) is 5.38. The van der Waals surface area contributed by atoms with Crippen molar-refractivity contribution in [2.45, 2.75) is 25.7 Å². The quantitative estimate of drug-likeness (QED) is 0.674. The van der Waals surface area contributed by atoms with Crippen LogP contribution in [0, 0.1) is 20.8 Å². The third-order valence-corrected chi connectivity index (χ3v) is 7.72. The first-order valence-corrected chi connectivity index (χ1v) is 12.0. The van der Waals surface area contributed by atoms with E-state index >= 15 is 0 Å². The van der Waals surface area contributed by atoms with E-state index in [1.807, 2.05) is 27.0 Å². The number of rotatable bonds is 6. The fourth-order valence-corrected chi connectivity index (χ4v) is 5.07. The molecule has 8 heteroatoms. The van der Waals surface area contributed by atoms with Gasteiger partial charge in [-0.05, 0) is 74.3 Å². The molecule has 1 heterocycles. The Bertz CT molecular complexity index is 1130. The average molecular weight is 458 g/mol. The van der Waals surface area contributed by atoms with Crippen molar-refractivity contribution in [2.75, 3.05) is 45.7 Å². The first-order valence-electron chi connectivity index (χ1n) is 10.6. The number of piperazine rings is 1. The highest BCUT2D eigenvalue weighted by molar-refractivity contribution is 7.89. The second-order valence-corrected chi connectivity index (χ2v) is 10.1. The Kier molecular flexibility index (Phi) is 7.38. The minimum Gasteiger partial charge on any atom is -0.495 e. The summed E-state index contributed by atoms with van der Waals surface area (Å²) < 4.78 is 33.0. The summed E-state index contributed by atoms with van der Waals surface area (Å²) in [5.41, 5.74) is 4.71. The molecule has 2 aromatic rings. The standard InChI is InChI=1S/C24H31N3O4S/c1-17-14-19(3)20(15-18(17)2)6-9-24(28)25-22-16-21(7-8-23(22)31-5)32(29,30)27-12-10-26(4)11-13-27/h6-9,14-16H,10-13H2,1-5H3,(H,25,28)/b9-6+. The Morgan fingerprint density at radius 2 is 1.66 bits per heavy atom. The van der Waals surface area contributed by atoms with E-state index in [2.05, 4.69) is 23.2 Å². The van der Waals surface area contributed by atoms with Crippen LogP contribution >= 0.6 is 0 Å². The molecule has 1 saturated heterocycles. The summed E-state index contributed by atoms with van der Waals surface area (Å²) in [7, 11) is -0.206. The molecule has 1 N–H and O–H groups in total. The van der Waals surface area contributed by atoms with Crippen molar-refractivity contribution in [3.63, 3.8) is 0 Å². The van der Waals surface area contributed by atoms with Crippen LogP contribution in [0.5, 0.6) is 5.75 Å². The zero-order chi connectivity index (χ0) is 23.5. The molecule has 1 aliphatic rings. The summed E-state index contributed by atoms with van der Waals surface area (Å²) in [5.74, 6) is 0.0292. The van der Waals surface area contributed by atoms with E-state index in [4.69, 9.17) is 4.74 Å². The topological polar surface area (TPSA) is 79.0 Å². The number of hydrogen-bond acceptors (Lipinski definition) is 5. The van der Waals surface area contributed by atoms with Crippen LogP contribution in [0.15, 0.2) is 41.3 Å². The first kappa shape index (κ1) is 24.0. The van der Waals surface area contributed by atoms with E-state index in [-0.39, 0.29) is 10.8 Å². The number of nitrogens with one attached hydrogen (secondary N) is 1. The van der Waals surface area contributed by atoms with Gasteiger partial charge in [-0.3, -0.25) is 4.79 Å². The van der Waals surface area contributed by atoms with Crippen molar-refractivity contribution >= 4 is 27.7 Å². The highest BCUT2D eigenvalue weighted by Gasteiger charge is 2.28. The van der Waals surface area contributed by atoms with Crippen molar-refractivity contribution in [1.82, 2.24) is 9.21 Å². The van der Waals surface area contributed by atoms with Gasteiger partial charge in [-0.15, -0.1) is 0 Å². The molecule has 0 unspecified atom stereocenters. The lowest BCUT2D eigenvalue weighted by Crippen LogP contribution is -2.47. The lowest BCUT2D eigenvalue weighted by Gasteiger charge is -2.31. The molecule has 0 spiro atoms. The number of anilines is 1. The van der Waals surface area contributed by atoms with Crippen LogP contribution in [0.25, 0.3) is 6.08 Å². The van der Waals surface area contributed by atoms with E-state index < -0.39 is 10.0 Å². The van der Waals surface area contributed by atoms with E-state index in [0.717, 1.165) is 16.7 Å². The van der Waals surface area contributed by atoms with Gasteiger partial charge in [0.2, 0.25) is 15.9 Å². The fraction of sp³-hybridized carbons (Fsp3) is 0.375. The lowest BCUT2D eigenvalue weighted by molar-refractivity contribution is -0.111.